The second-order valence-corrected chi connectivity index (χ2v) is 5.15. The minimum absolute atomic E-state index is 0.0319. The third-order valence-corrected chi connectivity index (χ3v) is 3.85. The van der Waals surface area contributed by atoms with Crippen molar-refractivity contribution in [1.29, 1.82) is 0 Å². The highest BCUT2D eigenvalue weighted by Gasteiger charge is 2.13. The van der Waals surface area contributed by atoms with Crippen LogP contribution in [0.2, 0.25) is 0 Å². The van der Waals surface area contributed by atoms with E-state index in [0.717, 1.165) is 23.5 Å². The molecule has 0 aromatic carbocycles. The Bertz CT molecular complexity index is 381. The molecule has 0 saturated carbocycles. The Hall–Kier alpha value is -1.14. The number of amides is 2. The van der Waals surface area contributed by atoms with Gasteiger partial charge in [0.1, 0.15) is 0 Å². The Morgan fingerprint density at radius 1 is 1.67 bits per heavy atom. The van der Waals surface area contributed by atoms with Crippen LogP contribution in [0.1, 0.15) is 24.5 Å². The van der Waals surface area contributed by atoms with Crippen LogP contribution in [-0.4, -0.2) is 47.3 Å². The van der Waals surface area contributed by atoms with Crippen LogP contribution in [0.3, 0.4) is 0 Å². The van der Waals surface area contributed by atoms with Crippen LogP contribution >= 0.6 is 11.3 Å². The normalized spacial score (nSPS) is 12.2. The molecule has 0 aliphatic rings. The molecule has 0 aliphatic heterocycles. The van der Waals surface area contributed by atoms with E-state index in [1.165, 1.54) is 4.90 Å². The summed E-state index contributed by atoms with van der Waals surface area (Å²) in [5.74, 6) is 0. The summed E-state index contributed by atoms with van der Waals surface area (Å²) in [6, 6.07) is -0.335. The molecule has 1 aromatic heterocycles. The highest BCUT2D eigenvalue weighted by molar-refractivity contribution is 7.09. The van der Waals surface area contributed by atoms with Crippen LogP contribution in [0.15, 0.2) is 5.38 Å². The fourth-order valence-electron chi connectivity index (χ4n) is 1.37. The molecule has 5 nitrogen and oxygen atoms in total. The zero-order valence-corrected chi connectivity index (χ0v) is 12.0. The lowest BCUT2D eigenvalue weighted by molar-refractivity contribution is 0.157. The number of aryl methyl sites for hydroxylation is 1. The van der Waals surface area contributed by atoms with Crippen molar-refractivity contribution in [3.05, 3.63) is 16.1 Å². The van der Waals surface area contributed by atoms with Crippen LogP contribution in [0.4, 0.5) is 4.79 Å². The van der Waals surface area contributed by atoms with Crippen molar-refractivity contribution in [2.45, 2.75) is 32.7 Å². The van der Waals surface area contributed by atoms with Gasteiger partial charge in [0.25, 0.3) is 0 Å². The van der Waals surface area contributed by atoms with Gasteiger partial charge in [-0.2, -0.15) is 0 Å². The summed E-state index contributed by atoms with van der Waals surface area (Å²) < 4.78 is 0. The van der Waals surface area contributed by atoms with E-state index in [4.69, 9.17) is 5.11 Å². The largest absolute Gasteiger partial charge is 0.394 e. The van der Waals surface area contributed by atoms with Crippen molar-refractivity contribution in [3.63, 3.8) is 0 Å². The fourth-order valence-corrected chi connectivity index (χ4v) is 2.15. The predicted molar refractivity (Wildman–Crippen MR) is 72.9 cm³/mol. The lowest BCUT2D eigenvalue weighted by atomic mass is 10.3. The first-order valence-corrected chi connectivity index (χ1v) is 7.01. The molecule has 1 aromatic rings. The van der Waals surface area contributed by atoms with E-state index in [-0.39, 0.29) is 18.7 Å². The molecule has 2 amide bonds. The molecule has 0 bridgehead atoms. The second-order valence-electron chi connectivity index (χ2n) is 4.21. The quantitative estimate of drug-likeness (QED) is 0.819. The number of carbonyl (C=O) groups is 1. The number of aliphatic hydroxyl groups is 1. The van der Waals surface area contributed by atoms with E-state index in [1.807, 2.05) is 5.38 Å². The Balaban J connectivity index is 2.31. The van der Waals surface area contributed by atoms with Gasteiger partial charge in [-0.05, 0) is 13.3 Å². The smallest absolute Gasteiger partial charge is 0.317 e. The number of hydrogen-bond acceptors (Lipinski definition) is 4. The van der Waals surface area contributed by atoms with Crippen LogP contribution in [0.5, 0.6) is 0 Å². The summed E-state index contributed by atoms with van der Waals surface area (Å²) >= 11 is 1.66. The summed E-state index contributed by atoms with van der Waals surface area (Å²) in [6.45, 7) is 4.41. The third kappa shape index (κ3) is 4.27. The maximum Gasteiger partial charge on any atom is 0.317 e. The zero-order valence-electron chi connectivity index (χ0n) is 11.1. The van der Waals surface area contributed by atoms with E-state index in [0.29, 0.717) is 6.54 Å². The van der Waals surface area contributed by atoms with Gasteiger partial charge >= 0.3 is 6.03 Å². The topological polar surface area (TPSA) is 65.5 Å². The summed E-state index contributed by atoms with van der Waals surface area (Å²) in [5.41, 5.74) is 1.02. The average Bonchev–Trinajstić information content (AvgIpc) is 2.84. The van der Waals surface area contributed by atoms with E-state index >= 15 is 0 Å². The summed E-state index contributed by atoms with van der Waals surface area (Å²) in [7, 11) is 1.67. The molecular formula is C12H21N3O2S. The Labute approximate surface area is 112 Å². The lowest BCUT2D eigenvalue weighted by Gasteiger charge is -2.23. The lowest BCUT2D eigenvalue weighted by Crippen LogP contribution is -2.44. The van der Waals surface area contributed by atoms with Gasteiger partial charge in [-0.1, -0.05) is 6.92 Å². The van der Waals surface area contributed by atoms with Crippen molar-refractivity contribution in [2.24, 2.45) is 0 Å². The van der Waals surface area contributed by atoms with Gasteiger partial charge in [0, 0.05) is 25.4 Å². The standard InChI is InChI=1S/C12H21N3O2S/c1-4-11-14-10(8-18-11)5-6-13-12(17)15(3)9(2)7-16/h8-9,16H,4-7H2,1-3H3,(H,13,17). The summed E-state index contributed by atoms with van der Waals surface area (Å²) in [4.78, 5) is 17.6. The number of aromatic nitrogens is 1. The third-order valence-electron chi connectivity index (χ3n) is 2.80. The van der Waals surface area contributed by atoms with Crippen LogP contribution in [0, 0.1) is 0 Å². The molecule has 1 rings (SSSR count). The fraction of sp³-hybridized carbons (Fsp3) is 0.667. The van der Waals surface area contributed by atoms with E-state index in [2.05, 4.69) is 17.2 Å². The Morgan fingerprint density at radius 3 is 2.94 bits per heavy atom. The van der Waals surface area contributed by atoms with Crippen molar-refractivity contribution in [1.82, 2.24) is 15.2 Å². The Kier molecular flexibility index (Phi) is 6.07. The van der Waals surface area contributed by atoms with Gasteiger partial charge < -0.3 is 15.3 Å². The monoisotopic (exact) mass is 271 g/mol. The number of aliphatic hydroxyl groups excluding tert-OH is 1. The molecule has 1 heterocycles. The number of urea groups is 1. The van der Waals surface area contributed by atoms with Crippen molar-refractivity contribution < 1.29 is 9.90 Å². The minimum atomic E-state index is -0.170. The molecule has 0 spiro atoms. The average molecular weight is 271 g/mol. The molecule has 18 heavy (non-hydrogen) atoms. The number of carbonyl (C=O) groups excluding carboxylic acids is 1. The molecule has 1 unspecified atom stereocenters. The molecule has 0 saturated heterocycles. The molecule has 6 heteroatoms. The number of likely N-dealkylation sites (N-methyl/N-ethyl adjacent to an activating group) is 1. The van der Waals surface area contributed by atoms with Gasteiger partial charge in [0.2, 0.25) is 0 Å². The van der Waals surface area contributed by atoms with Gasteiger partial charge in [0.15, 0.2) is 0 Å². The van der Waals surface area contributed by atoms with Gasteiger partial charge in [-0.3, -0.25) is 0 Å². The maximum atomic E-state index is 11.7. The van der Waals surface area contributed by atoms with E-state index in [9.17, 15) is 4.79 Å². The van der Waals surface area contributed by atoms with Gasteiger partial charge in [-0.25, -0.2) is 9.78 Å². The first kappa shape index (κ1) is 14.9. The molecule has 0 aliphatic carbocycles. The van der Waals surface area contributed by atoms with Crippen molar-refractivity contribution >= 4 is 17.4 Å². The van der Waals surface area contributed by atoms with Crippen molar-refractivity contribution in [2.75, 3.05) is 20.2 Å². The van der Waals surface area contributed by atoms with Gasteiger partial charge in [-0.15, -0.1) is 11.3 Å². The molecule has 102 valence electrons. The van der Waals surface area contributed by atoms with Gasteiger partial charge in [0.05, 0.1) is 23.4 Å². The number of hydrogen-bond donors (Lipinski definition) is 2. The SMILES string of the molecule is CCc1nc(CCNC(=O)N(C)C(C)CO)cs1. The maximum absolute atomic E-state index is 11.7. The molecule has 0 fully saturated rings. The van der Waals surface area contributed by atoms with Crippen LogP contribution in [-0.2, 0) is 12.8 Å². The minimum Gasteiger partial charge on any atom is -0.394 e. The summed E-state index contributed by atoms with van der Waals surface area (Å²) in [5, 5.41) is 14.9. The molecule has 0 radical (unpaired) electrons. The van der Waals surface area contributed by atoms with Crippen LogP contribution in [0.25, 0.3) is 0 Å². The summed E-state index contributed by atoms with van der Waals surface area (Å²) in [6.07, 6.45) is 1.69. The van der Waals surface area contributed by atoms with Crippen molar-refractivity contribution in [3.8, 4) is 0 Å². The number of thiazole rings is 1. The number of nitrogens with one attached hydrogen (secondary N) is 1. The predicted octanol–water partition coefficient (Wildman–Crippen LogP) is 1.27. The van der Waals surface area contributed by atoms with E-state index < -0.39 is 0 Å². The number of nitrogens with zero attached hydrogens (tertiary/aromatic N) is 2. The first-order chi connectivity index (χ1) is 8.58. The number of rotatable bonds is 6. The zero-order chi connectivity index (χ0) is 13.5. The molecular weight excluding hydrogens is 250 g/mol. The Morgan fingerprint density at radius 2 is 2.39 bits per heavy atom. The van der Waals surface area contributed by atoms with Crippen LogP contribution < -0.4 is 5.32 Å². The highest BCUT2D eigenvalue weighted by atomic mass is 32.1. The molecule has 2 N–H and O–H groups in total. The second kappa shape index (κ2) is 7.33. The van der Waals surface area contributed by atoms with E-state index in [1.54, 1.807) is 25.3 Å². The first-order valence-electron chi connectivity index (χ1n) is 6.13. The molecule has 1 atom stereocenters. The highest BCUT2D eigenvalue weighted by Crippen LogP contribution is 2.10.